The van der Waals surface area contributed by atoms with Gasteiger partial charge in [0, 0.05) is 19.0 Å². The fraction of sp³-hybridized carbons (Fsp3) is 0.519. The average molecular weight is 421 g/mol. The Bertz CT molecular complexity index is 872. The van der Waals surface area contributed by atoms with E-state index in [4.69, 9.17) is 4.74 Å². The molecule has 4 rings (SSSR count). The molecule has 0 bridgehead atoms. The Morgan fingerprint density at radius 3 is 2.48 bits per heavy atom. The first kappa shape index (κ1) is 21.9. The van der Waals surface area contributed by atoms with Crippen molar-refractivity contribution in [3.63, 3.8) is 0 Å². The van der Waals surface area contributed by atoms with Gasteiger partial charge in [0.15, 0.2) is 0 Å². The Kier molecular flexibility index (Phi) is 6.96. The van der Waals surface area contributed by atoms with Gasteiger partial charge in [0.05, 0.1) is 13.2 Å². The van der Waals surface area contributed by atoms with E-state index < -0.39 is 0 Å². The minimum absolute atomic E-state index is 0.141. The molecule has 0 N–H and O–H groups in total. The number of carbonyl (C=O) groups excluding carboxylic acids is 1. The summed E-state index contributed by atoms with van der Waals surface area (Å²) in [4.78, 5) is 18.3. The summed E-state index contributed by atoms with van der Waals surface area (Å²) in [6.07, 6.45) is 3.96. The van der Waals surface area contributed by atoms with E-state index in [0.29, 0.717) is 11.8 Å². The third-order valence-electron chi connectivity index (χ3n) is 7.04. The van der Waals surface area contributed by atoms with E-state index in [1.807, 2.05) is 6.07 Å². The molecule has 1 fully saturated rings. The van der Waals surface area contributed by atoms with Crippen molar-refractivity contribution < 1.29 is 9.53 Å². The van der Waals surface area contributed by atoms with Gasteiger partial charge in [0.2, 0.25) is 5.91 Å². The normalized spacial score (nSPS) is 20.0. The molecule has 2 aliphatic rings. The first-order valence-electron chi connectivity index (χ1n) is 11.8. The van der Waals surface area contributed by atoms with Gasteiger partial charge in [-0.1, -0.05) is 50.2 Å². The molecule has 2 aromatic rings. The van der Waals surface area contributed by atoms with E-state index in [1.54, 1.807) is 7.11 Å². The third-order valence-corrected chi connectivity index (χ3v) is 7.04. The number of methoxy groups -OCH3 is 1. The Morgan fingerprint density at radius 1 is 1.06 bits per heavy atom. The Labute approximate surface area is 187 Å². The summed E-state index contributed by atoms with van der Waals surface area (Å²) in [6, 6.07) is 17.2. The number of likely N-dealkylation sites (tertiary alicyclic amines) is 1. The smallest absolute Gasteiger partial charge is 0.226 e. The molecule has 31 heavy (non-hydrogen) atoms. The SMILES string of the molecule is COc1ccc2c(c1)C(C(C)C)N(C(=O)C1CCN(CCc3ccccc3)CC1)CC2. The van der Waals surface area contributed by atoms with Crippen LogP contribution in [0, 0.1) is 11.8 Å². The highest BCUT2D eigenvalue weighted by molar-refractivity contribution is 5.80. The Hall–Kier alpha value is -2.33. The highest BCUT2D eigenvalue weighted by atomic mass is 16.5. The van der Waals surface area contributed by atoms with Crippen LogP contribution in [0.2, 0.25) is 0 Å². The first-order chi connectivity index (χ1) is 15.1. The van der Waals surface area contributed by atoms with Crippen LogP contribution in [-0.2, 0) is 17.6 Å². The highest BCUT2D eigenvalue weighted by Crippen LogP contribution is 2.38. The molecule has 1 atom stereocenters. The lowest BCUT2D eigenvalue weighted by molar-refractivity contribution is -0.141. The number of ether oxygens (including phenoxy) is 1. The number of benzene rings is 2. The van der Waals surface area contributed by atoms with Gasteiger partial charge in [-0.2, -0.15) is 0 Å². The van der Waals surface area contributed by atoms with Crippen LogP contribution in [0.25, 0.3) is 0 Å². The molecule has 166 valence electrons. The monoisotopic (exact) mass is 420 g/mol. The van der Waals surface area contributed by atoms with Gasteiger partial charge in [-0.3, -0.25) is 4.79 Å². The summed E-state index contributed by atoms with van der Waals surface area (Å²) in [7, 11) is 1.71. The second-order valence-electron chi connectivity index (χ2n) is 9.39. The maximum absolute atomic E-state index is 13.6. The maximum atomic E-state index is 13.6. The van der Waals surface area contributed by atoms with Crippen molar-refractivity contribution in [2.45, 2.75) is 45.6 Å². The van der Waals surface area contributed by atoms with Crippen LogP contribution in [0.3, 0.4) is 0 Å². The maximum Gasteiger partial charge on any atom is 0.226 e. The van der Waals surface area contributed by atoms with Crippen LogP contribution in [0.15, 0.2) is 48.5 Å². The quantitative estimate of drug-likeness (QED) is 0.677. The van der Waals surface area contributed by atoms with Crippen LogP contribution in [-0.4, -0.2) is 49.0 Å². The molecule has 0 aliphatic carbocycles. The molecule has 1 saturated heterocycles. The van der Waals surface area contributed by atoms with Gasteiger partial charge in [0.25, 0.3) is 0 Å². The predicted molar refractivity (Wildman–Crippen MR) is 125 cm³/mol. The van der Waals surface area contributed by atoms with Gasteiger partial charge in [-0.25, -0.2) is 0 Å². The van der Waals surface area contributed by atoms with Gasteiger partial charge in [-0.15, -0.1) is 0 Å². The molecule has 0 spiro atoms. The molecular formula is C27H36N2O2. The zero-order valence-electron chi connectivity index (χ0n) is 19.2. The van der Waals surface area contributed by atoms with Crippen molar-refractivity contribution in [1.29, 1.82) is 0 Å². The first-order valence-corrected chi connectivity index (χ1v) is 11.8. The lowest BCUT2D eigenvalue weighted by Crippen LogP contribution is -2.47. The number of fused-ring (bicyclic) bond motifs is 1. The lowest BCUT2D eigenvalue weighted by Gasteiger charge is -2.42. The van der Waals surface area contributed by atoms with E-state index in [0.717, 1.165) is 57.6 Å². The minimum Gasteiger partial charge on any atom is -0.497 e. The van der Waals surface area contributed by atoms with Crippen molar-refractivity contribution in [3.8, 4) is 5.75 Å². The van der Waals surface area contributed by atoms with E-state index in [-0.39, 0.29) is 12.0 Å². The summed E-state index contributed by atoms with van der Waals surface area (Å²) in [5.74, 6) is 1.77. The topological polar surface area (TPSA) is 32.8 Å². The largest absolute Gasteiger partial charge is 0.497 e. The number of carbonyl (C=O) groups is 1. The molecule has 2 heterocycles. The summed E-state index contributed by atoms with van der Waals surface area (Å²) < 4.78 is 5.48. The van der Waals surface area contributed by atoms with Crippen LogP contribution in [0.5, 0.6) is 5.75 Å². The summed E-state index contributed by atoms with van der Waals surface area (Å²) in [5.41, 5.74) is 4.02. The van der Waals surface area contributed by atoms with E-state index in [2.05, 4.69) is 66.1 Å². The highest BCUT2D eigenvalue weighted by Gasteiger charge is 2.37. The molecular weight excluding hydrogens is 384 g/mol. The van der Waals surface area contributed by atoms with E-state index in [1.165, 1.54) is 16.7 Å². The summed E-state index contributed by atoms with van der Waals surface area (Å²) >= 11 is 0. The van der Waals surface area contributed by atoms with Crippen LogP contribution >= 0.6 is 0 Å². The molecule has 4 nitrogen and oxygen atoms in total. The molecule has 0 aromatic heterocycles. The van der Waals surface area contributed by atoms with Gasteiger partial charge < -0.3 is 14.5 Å². The number of hydrogen-bond acceptors (Lipinski definition) is 3. The number of rotatable bonds is 6. The zero-order valence-corrected chi connectivity index (χ0v) is 19.2. The number of piperidine rings is 1. The van der Waals surface area contributed by atoms with Crippen molar-refractivity contribution in [2.75, 3.05) is 33.3 Å². The molecule has 1 unspecified atom stereocenters. The number of nitrogens with zero attached hydrogens (tertiary/aromatic N) is 2. The second kappa shape index (κ2) is 9.86. The molecule has 0 radical (unpaired) electrons. The second-order valence-corrected chi connectivity index (χ2v) is 9.39. The van der Waals surface area contributed by atoms with Crippen LogP contribution in [0.4, 0.5) is 0 Å². The zero-order chi connectivity index (χ0) is 21.8. The van der Waals surface area contributed by atoms with Crippen molar-refractivity contribution >= 4 is 5.91 Å². The summed E-state index contributed by atoms with van der Waals surface area (Å²) in [6.45, 7) is 8.41. The van der Waals surface area contributed by atoms with Crippen LogP contribution < -0.4 is 4.74 Å². The third kappa shape index (κ3) is 4.95. The molecule has 0 saturated carbocycles. The summed E-state index contributed by atoms with van der Waals surface area (Å²) in [5, 5.41) is 0. The predicted octanol–water partition coefficient (Wildman–Crippen LogP) is 4.73. The van der Waals surface area contributed by atoms with Gasteiger partial charge in [-0.05, 0) is 73.5 Å². The minimum atomic E-state index is 0.141. The number of hydrogen-bond donors (Lipinski definition) is 0. The van der Waals surface area contributed by atoms with E-state index in [9.17, 15) is 4.79 Å². The fourth-order valence-corrected chi connectivity index (χ4v) is 5.29. The van der Waals surface area contributed by atoms with Gasteiger partial charge >= 0.3 is 0 Å². The molecule has 2 aliphatic heterocycles. The molecule has 2 aromatic carbocycles. The number of amides is 1. The standard InChI is InChI=1S/C27H36N2O2/c1-20(2)26-25-19-24(31-3)10-9-22(25)14-18-29(26)27(30)23-12-16-28(17-13-23)15-11-21-7-5-4-6-8-21/h4-10,19-20,23,26H,11-18H2,1-3H3. The Balaban J connectivity index is 1.38. The average Bonchev–Trinajstić information content (AvgIpc) is 2.82. The lowest BCUT2D eigenvalue weighted by atomic mass is 9.84. The Morgan fingerprint density at radius 2 is 1.81 bits per heavy atom. The van der Waals surface area contributed by atoms with Crippen molar-refractivity contribution in [2.24, 2.45) is 11.8 Å². The molecule has 1 amide bonds. The molecule has 4 heteroatoms. The van der Waals surface area contributed by atoms with Crippen molar-refractivity contribution in [3.05, 3.63) is 65.2 Å². The van der Waals surface area contributed by atoms with Gasteiger partial charge in [0.1, 0.15) is 5.75 Å². The fourth-order valence-electron chi connectivity index (χ4n) is 5.29. The van der Waals surface area contributed by atoms with Crippen molar-refractivity contribution in [1.82, 2.24) is 9.80 Å². The van der Waals surface area contributed by atoms with Crippen LogP contribution in [0.1, 0.15) is 49.4 Å². The van der Waals surface area contributed by atoms with E-state index >= 15 is 0 Å².